The van der Waals surface area contributed by atoms with E-state index in [-0.39, 0.29) is 0 Å². The zero-order valence-corrected chi connectivity index (χ0v) is 23.9. The maximum atomic E-state index is 5.21. The van der Waals surface area contributed by atoms with Gasteiger partial charge in [-0.3, -0.25) is 0 Å². The van der Waals surface area contributed by atoms with Crippen LogP contribution in [0.25, 0.3) is 0 Å². The third kappa shape index (κ3) is 6.89. The van der Waals surface area contributed by atoms with Crippen LogP contribution < -0.4 is 13.9 Å². The van der Waals surface area contributed by atoms with Gasteiger partial charge in [0, 0.05) is 10.2 Å². The Hall–Kier alpha value is -4.14. The van der Waals surface area contributed by atoms with Crippen LogP contribution in [0.1, 0.15) is 56.4 Å². The molecule has 1 fully saturated rings. The number of benzene rings is 2. The van der Waals surface area contributed by atoms with Crippen molar-refractivity contribution in [3.63, 3.8) is 0 Å². The van der Waals surface area contributed by atoms with Crippen LogP contribution in [0.2, 0.25) is 0 Å². The second kappa shape index (κ2) is 13.3. The van der Waals surface area contributed by atoms with Crippen molar-refractivity contribution in [2.75, 3.05) is 7.11 Å². The highest BCUT2D eigenvalue weighted by Crippen LogP contribution is 2.34. The van der Waals surface area contributed by atoms with Crippen molar-refractivity contribution >= 4 is 23.3 Å². The molecule has 9 nitrogen and oxygen atoms in total. The lowest BCUT2D eigenvalue weighted by atomic mass is 9.98. The summed E-state index contributed by atoms with van der Waals surface area (Å²) >= 11 is 0. The van der Waals surface area contributed by atoms with Crippen LogP contribution in [0.3, 0.4) is 0 Å². The summed E-state index contributed by atoms with van der Waals surface area (Å²) in [7, 11) is 5.66. The van der Waals surface area contributed by atoms with E-state index in [1.807, 2.05) is 59.9 Å². The molecule has 2 aromatic carbocycles. The number of rotatable bonds is 12. The summed E-state index contributed by atoms with van der Waals surface area (Å²) in [5, 5.41) is 18.0. The first-order chi connectivity index (χ1) is 19.6. The lowest BCUT2D eigenvalue weighted by Gasteiger charge is -2.08. The molecule has 2 heterocycles. The van der Waals surface area contributed by atoms with Gasteiger partial charge in [0.25, 0.3) is 0 Å². The monoisotopic (exact) mass is 540 g/mol. The molecule has 40 heavy (non-hydrogen) atoms. The van der Waals surface area contributed by atoms with Crippen molar-refractivity contribution in [1.82, 2.24) is 9.13 Å². The molecule has 208 valence electrons. The van der Waals surface area contributed by atoms with Crippen LogP contribution >= 0.6 is 0 Å². The Balaban J connectivity index is 1.11. The Morgan fingerprint density at radius 3 is 1.70 bits per heavy atom. The zero-order chi connectivity index (χ0) is 27.7. The molecule has 0 bridgehead atoms. The number of unbranched alkanes of at least 4 members (excludes halogenated alkanes) is 2. The van der Waals surface area contributed by atoms with E-state index in [1.165, 1.54) is 31.2 Å². The molecule has 0 amide bonds. The molecule has 2 aromatic heterocycles. The number of hydrogen-bond donors (Lipinski definition) is 0. The SMILES string of the molecule is COc1ccc(/N=N/c2n(C)cc[n+]2CCCCC[n+]2ccn(C)c2/N=N/c2ccc(C3CCCC3)cc2)cc1. The highest BCUT2D eigenvalue weighted by Gasteiger charge is 2.18. The van der Waals surface area contributed by atoms with Crippen LogP contribution in [0.4, 0.5) is 23.3 Å². The number of azo groups is 2. The Bertz CT molecular complexity index is 1430. The molecule has 0 unspecified atom stereocenters. The molecule has 9 heteroatoms. The Morgan fingerprint density at radius 2 is 1.20 bits per heavy atom. The summed E-state index contributed by atoms with van der Waals surface area (Å²) < 4.78 is 13.6. The Labute approximate surface area is 236 Å². The highest BCUT2D eigenvalue weighted by atomic mass is 16.5. The average Bonchev–Trinajstić information content (AvgIpc) is 3.73. The number of aromatic nitrogens is 4. The van der Waals surface area contributed by atoms with E-state index in [0.717, 1.165) is 67.3 Å². The van der Waals surface area contributed by atoms with E-state index in [9.17, 15) is 0 Å². The fraction of sp³-hybridized carbons (Fsp3) is 0.419. The molecular formula is C31H40N8O+2. The molecule has 0 spiro atoms. The number of methoxy groups -OCH3 is 1. The van der Waals surface area contributed by atoms with Gasteiger partial charge >= 0.3 is 11.9 Å². The number of nitrogens with zero attached hydrogens (tertiary/aromatic N) is 8. The third-order valence-corrected chi connectivity index (χ3v) is 7.69. The van der Waals surface area contributed by atoms with Crippen LogP contribution in [0, 0.1) is 0 Å². The molecule has 0 saturated heterocycles. The Morgan fingerprint density at radius 1 is 0.700 bits per heavy atom. The molecule has 4 aromatic rings. The van der Waals surface area contributed by atoms with E-state index in [1.54, 1.807) is 7.11 Å². The van der Waals surface area contributed by atoms with E-state index in [4.69, 9.17) is 4.74 Å². The lowest BCUT2D eigenvalue weighted by Crippen LogP contribution is -2.33. The minimum atomic E-state index is 0.719. The largest absolute Gasteiger partial charge is 0.497 e. The van der Waals surface area contributed by atoms with E-state index < -0.39 is 0 Å². The van der Waals surface area contributed by atoms with Crippen molar-refractivity contribution in [2.24, 2.45) is 34.6 Å². The first-order valence-corrected chi connectivity index (χ1v) is 14.3. The number of hydrogen-bond acceptors (Lipinski definition) is 5. The average molecular weight is 541 g/mol. The van der Waals surface area contributed by atoms with Gasteiger partial charge in [0.05, 0.1) is 59.1 Å². The highest BCUT2D eigenvalue weighted by molar-refractivity contribution is 5.41. The molecule has 0 atom stereocenters. The predicted octanol–water partition coefficient (Wildman–Crippen LogP) is 7.31. The standard InChI is InChI=1S/C31H40N8O/c1-36-21-23-38(30(36)34-32-27-13-11-26(12-14-27)25-9-5-6-10-25)19-7-4-8-20-39-24-22-37(2)31(39)35-33-28-15-17-29(40-3)18-16-28/h11-18,21-25H,4-10,19-20H2,1-3H3/q+2. The van der Waals surface area contributed by atoms with Gasteiger partial charge in [0.15, 0.2) is 0 Å². The van der Waals surface area contributed by atoms with Gasteiger partial charge in [0.1, 0.15) is 17.1 Å². The maximum Gasteiger partial charge on any atom is 0.421 e. The summed E-state index contributed by atoms with van der Waals surface area (Å²) in [5.74, 6) is 3.21. The number of aryl methyl sites for hydroxylation is 4. The molecule has 1 aliphatic carbocycles. The smallest absolute Gasteiger partial charge is 0.421 e. The van der Waals surface area contributed by atoms with Crippen molar-refractivity contribution in [1.29, 1.82) is 0 Å². The summed E-state index contributed by atoms with van der Waals surface area (Å²) in [6.07, 6.45) is 16.7. The maximum absolute atomic E-state index is 5.21. The van der Waals surface area contributed by atoms with Crippen molar-refractivity contribution in [2.45, 2.75) is 64.0 Å². The lowest BCUT2D eigenvalue weighted by molar-refractivity contribution is -0.687. The van der Waals surface area contributed by atoms with Gasteiger partial charge in [-0.1, -0.05) is 35.2 Å². The number of ether oxygens (including phenoxy) is 1. The predicted molar refractivity (Wildman–Crippen MR) is 154 cm³/mol. The van der Waals surface area contributed by atoms with Crippen molar-refractivity contribution in [3.8, 4) is 5.75 Å². The molecule has 5 rings (SSSR count). The third-order valence-electron chi connectivity index (χ3n) is 7.69. The van der Waals surface area contributed by atoms with Gasteiger partial charge in [-0.25, -0.2) is 18.3 Å². The second-order valence-electron chi connectivity index (χ2n) is 10.5. The van der Waals surface area contributed by atoms with Gasteiger partial charge in [-0.15, -0.1) is 0 Å². The summed E-state index contributed by atoms with van der Waals surface area (Å²) in [5.41, 5.74) is 3.13. The fourth-order valence-corrected chi connectivity index (χ4v) is 5.31. The van der Waals surface area contributed by atoms with Gasteiger partial charge in [-0.05, 0) is 80.0 Å². The van der Waals surface area contributed by atoms with E-state index in [2.05, 4.69) is 66.3 Å². The van der Waals surface area contributed by atoms with E-state index in [0.29, 0.717) is 0 Å². The minimum Gasteiger partial charge on any atom is -0.497 e. The van der Waals surface area contributed by atoms with Crippen molar-refractivity contribution < 1.29 is 13.9 Å². The summed E-state index contributed by atoms with van der Waals surface area (Å²) in [6, 6.07) is 16.2. The molecule has 1 aliphatic rings. The van der Waals surface area contributed by atoms with Gasteiger partial charge in [-0.2, -0.15) is 0 Å². The first-order valence-electron chi connectivity index (χ1n) is 14.3. The first kappa shape index (κ1) is 27.4. The van der Waals surface area contributed by atoms with Gasteiger partial charge < -0.3 is 4.74 Å². The van der Waals surface area contributed by atoms with Crippen LogP contribution in [-0.4, -0.2) is 16.2 Å². The molecular weight excluding hydrogens is 500 g/mol. The quantitative estimate of drug-likeness (QED) is 0.105. The second-order valence-corrected chi connectivity index (χ2v) is 10.5. The topological polar surface area (TPSA) is 76.3 Å². The van der Waals surface area contributed by atoms with E-state index >= 15 is 0 Å². The molecule has 0 N–H and O–H groups in total. The summed E-state index contributed by atoms with van der Waals surface area (Å²) in [6.45, 7) is 1.79. The minimum absolute atomic E-state index is 0.719. The Kier molecular flexibility index (Phi) is 9.11. The van der Waals surface area contributed by atoms with Crippen LogP contribution in [0.15, 0.2) is 93.8 Å². The zero-order valence-electron chi connectivity index (χ0n) is 23.9. The molecule has 0 radical (unpaired) electrons. The fourth-order valence-electron chi connectivity index (χ4n) is 5.31. The van der Waals surface area contributed by atoms with Crippen LogP contribution in [-0.2, 0) is 27.2 Å². The summed E-state index contributed by atoms with van der Waals surface area (Å²) in [4.78, 5) is 0. The van der Waals surface area contributed by atoms with Crippen molar-refractivity contribution in [3.05, 3.63) is 78.9 Å². The molecule has 1 saturated carbocycles. The normalized spacial score (nSPS) is 14.2. The molecule has 0 aliphatic heterocycles. The number of imidazole rings is 2. The van der Waals surface area contributed by atoms with Crippen LogP contribution in [0.5, 0.6) is 5.75 Å². The van der Waals surface area contributed by atoms with Gasteiger partial charge in [0.2, 0.25) is 0 Å².